The van der Waals surface area contributed by atoms with E-state index in [0.29, 0.717) is 11.6 Å². The number of benzene rings is 2. The van der Waals surface area contributed by atoms with E-state index in [1.54, 1.807) is 62.4 Å². The molecule has 0 unspecified atom stereocenters. The van der Waals surface area contributed by atoms with E-state index in [4.69, 9.17) is 4.74 Å². The molecule has 0 fully saturated rings. The average Bonchev–Trinajstić information content (AvgIpc) is 3.00. The van der Waals surface area contributed by atoms with Gasteiger partial charge in [-0.05, 0) is 41.0 Å². The second-order valence-electron chi connectivity index (χ2n) is 13.0. The highest BCUT2D eigenvalue weighted by Gasteiger charge is 2.24. The molecule has 0 heterocycles. The van der Waals surface area contributed by atoms with Crippen molar-refractivity contribution >= 4 is 41.2 Å². The van der Waals surface area contributed by atoms with Crippen molar-refractivity contribution in [1.82, 2.24) is 21.3 Å². The standard InChI is InChI=1S/C35H49N5O7/c1-23(2)17-35(5,6)18-29(41)36-19-30(42)37-20-32(44)40-28(16-25-10-8-7-9-11-25)33(45)38-21-31(43)39-27-14-12-26(13-15-27)22-47-34(46)24(3)4/h7-15,23-24,28H,16-22H2,1-6H3,(H,36,41)(H,37,42)(H,38,45)(H,39,43)(H,40,44)/t28-/m0/s1. The first-order chi connectivity index (χ1) is 22.1. The molecule has 0 radical (unpaired) electrons. The van der Waals surface area contributed by atoms with Crippen LogP contribution < -0.4 is 26.6 Å². The third kappa shape index (κ3) is 15.9. The highest BCUT2D eigenvalue weighted by atomic mass is 16.5. The lowest BCUT2D eigenvalue weighted by Crippen LogP contribution is -2.52. The normalized spacial score (nSPS) is 11.7. The molecule has 0 saturated carbocycles. The van der Waals surface area contributed by atoms with E-state index in [0.717, 1.165) is 17.5 Å². The Hall–Kier alpha value is -4.74. The van der Waals surface area contributed by atoms with Crippen LogP contribution in [0.4, 0.5) is 5.69 Å². The molecule has 5 N–H and O–H groups in total. The van der Waals surface area contributed by atoms with Crippen molar-refractivity contribution in [3.8, 4) is 0 Å². The Morgan fingerprint density at radius 3 is 1.91 bits per heavy atom. The van der Waals surface area contributed by atoms with E-state index in [2.05, 4.69) is 40.4 Å². The molecule has 2 aromatic rings. The Kier molecular flexibility index (Phi) is 15.6. The Morgan fingerprint density at radius 2 is 1.30 bits per heavy atom. The van der Waals surface area contributed by atoms with Crippen molar-refractivity contribution < 1.29 is 33.5 Å². The fraction of sp³-hybridized carbons (Fsp3) is 0.486. The van der Waals surface area contributed by atoms with Crippen LogP contribution in [0.2, 0.25) is 0 Å². The first-order valence-electron chi connectivity index (χ1n) is 15.8. The van der Waals surface area contributed by atoms with E-state index in [-0.39, 0.29) is 55.7 Å². The zero-order valence-electron chi connectivity index (χ0n) is 28.2. The number of rotatable bonds is 18. The van der Waals surface area contributed by atoms with Crippen LogP contribution in [0, 0.1) is 17.3 Å². The summed E-state index contributed by atoms with van der Waals surface area (Å²) in [6.07, 6.45) is 1.29. The number of carbonyl (C=O) groups excluding carboxylic acids is 6. The Balaban J connectivity index is 1.86. The van der Waals surface area contributed by atoms with Gasteiger partial charge in [-0.3, -0.25) is 28.8 Å². The molecule has 2 rings (SSSR count). The lowest BCUT2D eigenvalue weighted by molar-refractivity contribution is -0.148. The molecule has 0 aliphatic carbocycles. The van der Waals surface area contributed by atoms with Gasteiger partial charge in [0.15, 0.2) is 0 Å². The monoisotopic (exact) mass is 651 g/mol. The summed E-state index contributed by atoms with van der Waals surface area (Å²) in [4.78, 5) is 74.6. The van der Waals surface area contributed by atoms with E-state index in [1.165, 1.54) is 0 Å². The molecule has 0 spiro atoms. The summed E-state index contributed by atoms with van der Waals surface area (Å²) in [5, 5.41) is 12.9. The number of esters is 1. The van der Waals surface area contributed by atoms with Crippen LogP contribution in [0.5, 0.6) is 0 Å². The van der Waals surface area contributed by atoms with Crippen LogP contribution in [0.15, 0.2) is 54.6 Å². The largest absolute Gasteiger partial charge is 0.461 e. The van der Waals surface area contributed by atoms with E-state index in [1.807, 2.05) is 19.9 Å². The third-order valence-electron chi connectivity index (χ3n) is 6.94. The number of carbonyl (C=O) groups is 6. The van der Waals surface area contributed by atoms with Gasteiger partial charge in [-0.15, -0.1) is 0 Å². The van der Waals surface area contributed by atoms with Gasteiger partial charge in [0, 0.05) is 18.5 Å². The molecule has 0 bridgehead atoms. The molecule has 2 aromatic carbocycles. The van der Waals surface area contributed by atoms with Crippen molar-refractivity contribution in [2.75, 3.05) is 25.0 Å². The molecule has 0 aromatic heterocycles. The summed E-state index contributed by atoms with van der Waals surface area (Å²) in [6.45, 7) is 10.8. The molecule has 47 heavy (non-hydrogen) atoms. The van der Waals surface area contributed by atoms with Crippen molar-refractivity contribution in [3.05, 3.63) is 65.7 Å². The number of anilines is 1. The van der Waals surface area contributed by atoms with Crippen molar-refractivity contribution in [2.24, 2.45) is 17.3 Å². The molecule has 0 aliphatic heterocycles. The summed E-state index contributed by atoms with van der Waals surface area (Å²) in [5.74, 6) is -2.56. The topological polar surface area (TPSA) is 172 Å². The first kappa shape index (κ1) is 38.4. The van der Waals surface area contributed by atoms with E-state index >= 15 is 0 Å². The summed E-state index contributed by atoms with van der Waals surface area (Å²) >= 11 is 0. The third-order valence-corrected chi connectivity index (χ3v) is 6.94. The Labute approximate surface area is 277 Å². The van der Waals surface area contributed by atoms with Crippen LogP contribution in [0.1, 0.15) is 65.5 Å². The van der Waals surface area contributed by atoms with Gasteiger partial charge in [-0.1, -0.05) is 84.0 Å². The van der Waals surface area contributed by atoms with Crippen molar-refractivity contribution in [2.45, 2.75) is 73.5 Å². The predicted molar refractivity (Wildman–Crippen MR) is 179 cm³/mol. The van der Waals surface area contributed by atoms with Gasteiger partial charge < -0.3 is 31.3 Å². The van der Waals surface area contributed by atoms with E-state index < -0.39 is 36.2 Å². The van der Waals surface area contributed by atoms with Crippen LogP contribution in [0.3, 0.4) is 0 Å². The van der Waals surface area contributed by atoms with Crippen LogP contribution in [0.25, 0.3) is 0 Å². The smallest absolute Gasteiger partial charge is 0.308 e. The average molecular weight is 652 g/mol. The maximum Gasteiger partial charge on any atom is 0.308 e. The van der Waals surface area contributed by atoms with Crippen LogP contribution >= 0.6 is 0 Å². The minimum absolute atomic E-state index is 0.118. The fourth-order valence-corrected chi connectivity index (χ4v) is 4.90. The zero-order chi connectivity index (χ0) is 35.0. The molecular weight excluding hydrogens is 602 g/mol. The molecular formula is C35H49N5O7. The van der Waals surface area contributed by atoms with Gasteiger partial charge in [-0.2, -0.15) is 0 Å². The second kappa shape index (κ2) is 19.0. The zero-order valence-corrected chi connectivity index (χ0v) is 28.2. The lowest BCUT2D eigenvalue weighted by Gasteiger charge is -2.25. The van der Waals surface area contributed by atoms with E-state index in [9.17, 15) is 28.8 Å². The number of hydrogen-bond acceptors (Lipinski definition) is 7. The number of hydrogen-bond donors (Lipinski definition) is 5. The van der Waals surface area contributed by atoms with Crippen LogP contribution in [-0.4, -0.2) is 61.2 Å². The van der Waals surface area contributed by atoms with Crippen molar-refractivity contribution in [1.29, 1.82) is 0 Å². The Morgan fingerprint density at radius 1 is 0.702 bits per heavy atom. The molecule has 12 nitrogen and oxygen atoms in total. The van der Waals surface area contributed by atoms with Gasteiger partial charge in [0.2, 0.25) is 29.5 Å². The second-order valence-corrected chi connectivity index (χ2v) is 13.0. The highest BCUT2D eigenvalue weighted by Crippen LogP contribution is 2.28. The lowest BCUT2D eigenvalue weighted by atomic mass is 9.81. The summed E-state index contributed by atoms with van der Waals surface area (Å²) in [6, 6.07) is 14.8. The number of amides is 5. The van der Waals surface area contributed by atoms with Crippen LogP contribution in [-0.2, 0) is 46.5 Å². The molecule has 0 aliphatic rings. The molecule has 12 heteroatoms. The Bertz CT molecular complexity index is 1360. The molecule has 1 atom stereocenters. The van der Waals surface area contributed by atoms with Gasteiger partial charge in [0.25, 0.3) is 0 Å². The maximum absolute atomic E-state index is 13.1. The number of ether oxygens (including phenoxy) is 1. The summed E-state index contributed by atoms with van der Waals surface area (Å²) in [5.41, 5.74) is 1.82. The maximum atomic E-state index is 13.1. The molecule has 5 amide bonds. The number of nitrogens with one attached hydrogen (secondary N) is 5. The minimum Gasteiger partial charge on any atom is -0.461 e. The SMILES string of the molecule is CC(C)CC(C)(C)CC(=O)NCC(=O)NCC(=O)N[C@@H](Cc1ccccc1)C(=O)NCC(=O)Nc1ccc(COC(=O)C(C)C)cc1. The molecule has 256 valence electrons. The van der Waals surface area contributed by atoms with Gasteiger partial charge in [0.05, 0.1) is 25.6 Å². The van der Waals surface area contributed by atoms with Gasteiger partial charge >= 0.3 is 5.97 Å². The molecule has 0 saturated heterocycles. The first-order valence-corrected chi connectivity index (χ1v) is 15.8. The van der Waals surface area contributed by atoms with Crippen molar-refractivity contribution in [3.63, 3.8) is 0 Å². The quantitative estimate of drug-likeness (QED) is 0.154. The highest BCUT2D eigenvalue weighted by molar-refractivity contribution is 5.96. The van der Waals surface area contributed by atoms with Gasteiger partial charge in [-0.25, -0.2) is 0 Å². The predicted octanol–water partition coefficient (Wildman–Crippen LogP) is 2.86. The fourth-order valence-electron chi connectivity index (χ4n) is 4.90. The van der Waals surface area contributed by atoms with Gasteiger partial charge in [0.1, 0.15) is 12.6 Å². The summed E-state index contributed by atoms with van der Waals surface area (Å²) in [7, 11) is 0. The minimum atomic E-state index is -1.02. The summed E-state index contributed by atoms with van der Waals surface area (Å²) < 4.78 is 5.20.